The molecule has 2 aromatic rings. The first-order valence-electron chi connectivity index (χ1n) is 6.57. The predicted molar refractivity (Wildman–Crippen MR) is 81.5 cm³/mol. The van der Waals surface area contributed by atoms with E-state index in [9.17, 15) is 0 Å². The second-order valence-corrected chi connectivity index (χ2v) is 5.81. The number of hydrogen-bond acceptors (Lipinski definition) is 2. The van der Waals surface area contributed by atoms with Crippen molar-refractivity contribution >= 4 is 17.0 Å². The van der Waals surface area contributed by atoms with Crippen LogP contribution in [0.3, 0.4) is 0 Å². The van der Waals surface area contributed by atoms with E-state index in [1.807, 2.05) is 11.3 Å². The minimum atomic E-state index is 0.651. The Morgan fingerprint density at radius 3 is 2.44 bits per heavy atom. The number of nitrogens with one attached hydrogen (secondary N) is 1. The summed E-state index contributed by atoms with van der Waals surface area (Å²) in [6.07, 6.45) is 1.20. The van der Waals surface area contributed by atoms with Crippen molar-refractivity contribution in [2.24, 2.45) is 0 Å². The van der Waals surface area contributed by atoms with Crippen LogP contribution in [0.1, 0.15) is 42.2 Å². The fourth-order valence-corrected chi connectivity index (χ4v) is 2.78. The molecule has 1 heterocycles. The van der Waals surface area contributed by atoms with Gasteiger partial charge in [-0.3, -0.25) is 0 Å². The van der Waals surface area contributed by atoms with Crippen molar-refractivity contribution < 1.29 is 0 Å². The van der Waals surface area contributed by atoms with Gasteiger partial charge < -0.3 is 5.32 Å². The van der Waals surface area contributed by atoms with Gasteiger partial charge in [-0.05, 0) is 54.0 Å². The lowest BCUT2D eigenvalue weighted by atomic mass is 9.99. The molecule has 0 fully saturated rings. The Bertz CT molecular complexity index is 484. The molecule has 0 aliphatic heterocycles. The van der Waals surface area contributed by atoms with E-state index in [0.717, 1.165) is 6.54 Å². The second kappa shape index (κ2) is 6.05. The normalized spacial score (nSPS) is 12.4. The Morgan fingerprint density at radius 1 is 1.17 bits per heavy atom. The van der Waals surface area contributed by atoms with Gasteiger partial charge in [0.1, 0.15) is 0 Å². The summed E-state index contributed by atoms with van der Waals surface area (Å²) in [6.45, 7) is 7.60. The van der Waals surface area contributed by atoms with Gasteiger partial charge in [0.25, 0.3) is 0 Å². The number of aryl methyl sites for hydroxylation is 1. The molecule has 0 radical (unpaired) electrons. The SMILES string of the molecule is CCC(C)c1ccc(NCc2sccc2C)cc1. The molecule has 1 unspecified atom stereocenters. The van der Waals surface area contributed by atoms with Crippen LogP contribution in [0.2, 0.25) is 0 Å². The van der Waals surface area contributed by atoms with Crippen LogP contribution in [0.4, 0.5) is 5.69 Å². The van der Waals surface area contributed by atoms with Crippen LogP contribution < -0.4 is 5.32 Å². The molecule has 0 amide bonds. The van der Waals surface area contributed by atoms with E-state index >= 15 is 0 Å². The summed E-state index contributed by atoms with van der Waals surface area (Å²) in [4.78, 5) is 1.42. The van der Waals surface area contributed by atoms with Crippen LogP contribution in [-0.2, 0) is 6.54 Å². The fourth-order valence-electron chi connectivity index (χ4n) is 1.93. The molecule has 1 nitrogen and oxygen atoms in total. The third-order valence-electron chi connectivity index (χ3n) is 3.51. The minimum absolute atomic E-state index is 0.651. The second-order valence-electron chi connectivity index (χ2n) is 4.81. The topological polar surface area (TPSA) is 12.0 Å². The lowest BCUT2D eigenvalue weighted by Gasteiger charge is -2.11. The van der Waals surface area contributed by atoms with E-state index in [1.165, 1.54) is 28.1 Å². The molecule has 96 valence electrons. The summed E-state index contributed by atoms with van der Waals surface area (Å²) in [7, 11) is 0. The Kier molecular flexibility index (Phi) is 4.43. The van der Waals surface area contributed by atoms with Gasteiger partial charge in [0, 0.05) is 17.1 Å². The molecule has 1 atom stereocenters. The molecule has 1 aromatic heterocycles. The molecule has 2 rings (SSSR count). The van der Waals surface area contributed by atoms with Crippen LogP contribution in [0.25, 0.3) is 0 Å². The van der Waals surface area contributed by atoms with E-state index in [-0.39, 0.29) is 0 Å². The van der Waals surface area contributed by atoms with Crippen LogP contribution in [0.5, 0.6) is 0 Å². The molecule has 1 N–H and O–H groups in total. The van der Waals surface area contributed by atoms with Crippen LogP contribution >= 0.6 is 11.3 Å². The quantitative estimate of drug-likeness (QED) is 0.780. The van der Waals surface area contributed by atoms with Gasteiger partial charge in [-0.25, -0.2) is 0 Å². The maximum Gasteiger partial charge on any atom is 0.0496 e. The number of hydrogen-bond donors (Lipinski definition) is 1. The van der Waals surface area contributed by atoms with Gasteiger partial charge in [0.05, 0.1) is 0 Å². The maximum absolute atomic E-state index is 3.48. The van der Waals surface area contributed by atoms with Crippen LogP contribution in [0.15, 0.2) is 35.7 Å². The lowest BCUT2D eigenvalue weighted by molar-refractivity contribution is 0.734. The molecule has 18 heavy (non-hydrogen) atoms. The van der Waals surface area contributed by atoms with Crippen molar-refractivity contribution in [3.05, 3.63) is 51.7 Å². The van der Waals surface area contributed by atoms with Crippen molar-refractivity contribution in [1.82, 2.24) is 0 Å². The summed E-state index contributed by atoms with van der Waals surface area (Å²) < 4.78 is 0. The summed E-state index contributed by atoms with van der Waals surface area (Å²) in [5.74, 6) is 0.651. The molecule has 1 aromatic carbocycles. The average molecular weight is 259 g/mol. The molecular formula is C16H21NS. The first-order chi connectivity index (χ1) is 8.70. The zero-order chi connectivity index (χ0) is 13.0. The van der Waals surface area contributed by atoms with Gasteiger partial charge in [-0.15, -0.1) is 11.3 Å². The average Bonchev–Trinajstić information content (AvgIpc) is 2.81. The van der Waals surface area contributed by atoms with Gasteiger partial charge in [-0.1, -0.05) is 26.0 Å². The third-order valence-corrected chi connectivity index (χ3v) is 4.54. The molecule has 0 saturated heterocycles. The summed E-state index contributed by atoms with van der Waals surface area (Å²) in [5.41, 5.74) is 4.01. The van der Waals surface area contributed by atoms with Crippen molar-refractivity contribution in [2.45, 2.75) is 39.7 Å². The van der Waals surface area contributed by atoms with Crippen molar-refractivity contribution in [3.63, 3.8) is 0 Å². The molecule has 0 bridgehead atoms. The van der Waals surface area contributed by atoms with Gasteiger partial charge in [0.15, 0.2) is 0 Å². The summed E-state index contributed by atoms with van der Waals surface area (Å²) in [5, 5.41) is 5.63. The largest absolute Gasteiger partial charge is 0.380 e. The number of rotatable bonds is 5. The van der Waals surface area contributed by atoms with Crippen molar-refractivity contribution in [1.29, 1.82) is 0 Å². The fraction of sp³-hybridized carbons (Fsp3) is 0.375. The molecule has 2 heteroatoms. The van der Waals surface area contributed by atoms with Gasteiger partial charge in [0.2, 0.25) is 0 Å². The Balaban J connectivity index is 1.96. The van der Waals surface area contributed by atoms with Crippen LogP contribution in [0, 0.1) is 6.92 Å². The monoisotopic (exact) mass is 259 g/mol. The highest BCUT2D eigenvalue weighted by Crippen LogP contribution is 2.22. The molecule has 0 spiro atoms. The molecule has 0 aliphatic carbocycles. The Labute approximate surface area is 114 Å². The highest BCUT2D eigenvalue weighted by atomic mass is 32.1. The standard InChI is InChI=1S/C16H21NS/c1-4-12(2)14-5-7-15(8-6-14)17-11-16-13(3)9-10-18-16/h5-10,12,17H,4,11H2,1-3H3. The zero-order valence-electron chi connectivity index (χ0n) is 11.4. The van der Waals surface area contributed by atoms with E-state index in [2.05, 4.69) is 61.8 Å². The minimum Gasteiger partial charge on any atom is -0.380 e. The zero-order valence-corrected chi connectivity index (χ0v) is 12.2. The van der Waals surface area contributed by atoms with E-state index < -0.39 is 0 Å². The highest BCUT2D eigenvalue weighted by Gasteiger charge is 2.03. The molecule has 0 aliphatic rings. The van der Waals surface area contributed by atoms with E-state index in [0.29, 0.717) is 5.92 Å². The lowest BCUT2D eigenvalue weighted by Crippen LogP contribution is -1.99. The van der Waals surface area contributed by atoms with Gasteiger partial charge in [-0.2, -0.15) is 0 Å². The number of benzene rings is 1. The smallest absolute Gasteiger partial charge is 0.0496 e. The van der Waals surface area contributed by atoms with Gasteiger partial charge >= 0.3 is 0 Å². The first-order valence-corrected chi connectivity index (χ1v) is 7.45. The van der Waals surface area contributed by atoms with Crippen molar-refractivity contribution in [3.8, 4) is 0 Å². The Morgan fingerprint density at radius 2 is 1.89 bits per heavy atom. The van der Waals surface area contributed by atoms with Crippen molar-refractivity contribution in [2.75, 3.05) is 5.32 Å². The Hall–Kier alpha value is -1.28. The third kappa shape index (κ3) is 3.14. The summed E-state index contributed by atoms with van der Waals surface area (Å²) >= 11 is 1.82. The first kappa shape index (κ1) is 13.2. The van der Waals surface area contributed by atoms with E-state index in [4.69, 9.17) is 0 Å². The summed E-state index contributed by atoms with van der Waals surface area (Å²) in [6, 6.07) is 11.0. The highest BCUT2D eigenvalue weighted by molar-refractivity contribution is 7.10. The number of anilines is 1. The maximum atomic E-state index is 3.48. The van der Waals surface area contributed by atoms with E-state index in [1.54, 1.807) is 0 Å². The number of thiophene rings is 1. The predicted octanol–water partition coefficient (Wildman–Crippen LogP) is 5.18. The molecular weight excluding hydrogens is 238 g/mol. The van der Waals surface area contributed by atoms with Crippen LogP contribution in [-0.4, -0.2) is 0 Å². The molecule has 0 saturated carbocycles.